The van der Waals surface area contributed by atoms with E-state index in [0.717, 1.165) is 18.2 Å². The number of carbonyl (C=O) groups is 1. The number of methoxy groups -OCH3 is 1. The van der Waals surface area contributed by atoms with Gasteiger partial charge in [0, 0.05) is 17.2 Å². The Balaban J connectivity index is 2.59. The Labute approximate surface area is 112 Å². The number of hydrogen-bond donors (Lipinski definition) is 1. The molecule has 3 nitrogen and oxygen atoms in total. The van der Waals surface area contributed by atoms with Crippen LogP contribution in [0.25, 0.3) is 11.1 Å². The average Bonchev–Trinajstić information content (AvgIpc) is 2.41. The Morgan fingerprint density at radius 2 is 1.70 bits per heavy atom. The number of benzene rings is 2. The van der Waals surface area contributed by atoms with E-state index in [-0.39, 0.29) is 16.9 Å². The molecule has 0 unspecified atom stereocenters. The Hall–Kier alpha value is -2.50. The lowest BCUT2D eigenvalue weighted by Gasteiger charge is -2.08. The Kier molecular flexibility index (Phi) is 3.65. The van der Waals surface area contributed by atoms with Crippen LogP contribution in [0.3, 0.4) is 0 Å². The molecule has 0 fully saturated rings. The minimum absolute atomic E-state index is 0.181. The zero-order valence-corrected chi connectivity index (χ0v) is 10.3. The molecule has 0 saturated heterocycles. The van der Waals surface area contributed by atoms with Gasteiger partial charge in [-0.25, -0.2) is 18.0 Å². The summed E-state index contributed by atoms with van der Waals surface area (Å²) in [6.07, 6.45) is 0. The van der Waals surface area contributed by atoms with Gasteiger partial charge in [0.25, 0.3) is 0 Å². The Morgan fingerprint density at radius 3 is 2.25 bits per heavy atom. The Morgan fingerprint density at radius 1 is 1.05 bits per heavy atom. The first-order valence-corrected chi connectivity index (χ1v) is 5.51. The van der Waals surface area contributed by atoms with E-state index in [1.54, 1.807) is 0 Å². The molecule has 0 aliphatic heterocycles. The quantitative estimate of drug-likeness (QED) is 0.937. The number of aromatic carboxylic acids is 1. The fourth-order valence-electron chi connectivity index (χ4n) is 1.76. The van der Waals surface area contributed by atoms with Crippen LogP contribution in [0.4, 0.5) is 13.2 Å². The minimum Gasteiger partial charge on any atom is -0.497 e. The lowest BCUT2D eigenvalue weighted by atomic mass is 10.0. The summed E-state index contributed by atoms with van der Waals surface area (Å²) in [4.78, 5) is 10.7. The van der Waals surface area contributed by atoms with Crippen molar-refractivity contribution in [3.05, 3.63) is 53.3 Å². The highest BCUT2D eigenvalue weighted by Gasteiger charge is 2.20. The van der Waals surface area contributed by atoms with Crippen molar-refractivity contribution < 1.29 is 27.8 Å². The first-order chi connectivity index (χ1) is 9.45. The van der Waals surface area contributed by atoms with Crippen molar-refractivity contribution in [2.24, 2.45) is 0 Å². The highest BCUT2D eigenvalue weighted by atomic mass is 19.2. The standard InChI is InChI=1S/C14H9F3O3/c1-20-7-2-3-8(11(15)6-7)9-4-5-10(14(18)19)13(17)12(9)16/h2-6H,1H3,(H,18,19). The molecule has 0 spiro atoms. The number of carboxylic acids is 1. The molecular weight excluding hydrogens is 273 g/mol. The van der Waals surface area contributed by atoms with E-state index in [1.807, 2.05) is 0 Å². The van der Waals surface area contributed by atoms with Crippen molar-refractivity contribution in [3.63, 3.8) is 0 Å². The molecule has 0 radical (unpaired) electrons. The lowest BCUT2D eigenvalue weighted by Crippen LogP contribution is -2.04. The molecule has 0 saturated carbocycles. The summed E-state index contributed by atoms with van der Waals surface area (Å²) in [6, 6.07) is 5.55. The third kappa shape index (κ3) is 2.32. The normalized spacial score (nSPS) is 10.4. The molecule has 0 amide bonds. The molecule has 104 valence electrons. The highest BCUT2D eigenvalue weighted by Crippen LogP contribution is 2.30. The smallest absolute Gasteiger partial charge is 0.338 e. The van der Waals surface area contributed by atoms with Gasteiger partial charge in [-0.3, -0.25) is 0 Å². The SMILES string of the molecule is COc1ccc(-c2ccc(C(=O)O)c(F)c2F)c(F)c1. The summed E-state index contributed by atoms with van der Waals surface area (Å²) in [5, 5.41) is 8.68. The van der Waals surface area contributed by atoms with Gasteiger partial charge in [-0.2, -0.15) is 0 Å². The van der Waals surface area contributed by atoms with E-state index < -0.39 is 29.0 Å². The van der Waals surface area contributed by atoms with Gasteiger partial charge in [0.15, 0.2) is 11.6 Å². The van der Waals surface area contributed by atoms with E-state index in [1.165, 1.54) is 19.2 Å². The summed E-state index contributed by atoms with van der Waals surface area (Å²) in [6.45, 7) is 0. The molecule has 2 aromatic rings. The number of hydrogen-bond acceptors (Lipinski definition) is 2. The second-order valence-corrected chi connectivity index (χ2v) is 3.94. The summed E-state index contributed by atoms with van der Waals surface area (Å²) in [7, 11) is 1.34. The van der Waals surface area contributed by atoms with Crippen LogP contribution in [0.2, 0.25) is 0 Å². The van der Waals surface area contributed by atoms with E-state index >= 15 is 0 Å². The molecule has 0 aliphatic carbocycles. The topological polar surface area (TPSA) is 46.5 Å². The van der Waals surface area contributed by atoms with Gasteiger partial charge in [-0.05, 0) is 18.2 Å². The van der Waals surface area contributed by atoms with Gasteiger partial charge in [0.2, 0.25) is 0 Å². The molecule has 2 rings (SSSR count). The second kappa shape index (κ2) is 5.24. The largest absolute Gasteiger partial charge is 0.497 e. The molecule has 0 aromatic heterocycles. The van der Waals surface area contributed by atoms with Crippen LogP contribution in [0.1, 0.15) is 10.4 Å². The van der Waals surface area contributed by atoms with Crippen molar-refractivity contribution in [1.29, 1.82) is 0 Å². The molecular formula is C14H9F3O3. The van der Waals surface area contributed by atoms with Crippen LogP contribution >= 0.6 is 0 Å². The van der Waals surface area contributed by atoms with Gasteiger partial charge in [0.05, 0.1) is 12.7 Å². The van der Waals surface area contributed by atoms with Crippen molar-refractivity contribution in [2.45, 2.75) is 0 Å². The summed E-state index contributed by atoms with van der Waals surface area (Å²) in [5.74, 6) is -5.10. The van der Waals surface area contributed by atoms with Crippen molar-refractivity contribution in [1.82, 2.24) is 0 Å². The number of rotatable bonds is 3. The molecule has 6 heteroatoms. The lowest BCUT2D eigenvalue weighted by molar-refractivity contribution is 0.0690. The van der Waals surface area contributed by atoms with Crippen molar-refractivity contribution in [3.8, 4) is 16.9 Å². The predicted molar refractivity (Wildman–Crippen MR) is 65.3 cm³/mol. The number of halogens is 3. The van der Waals surface area contributed by atoms with Gasteiger partial charge in [-0.1, -0.05) is 6.07 Å². The number of carboxylic acid groups (broad SMARTS) is 1. The third-order valence-electron chi connectivity index (χ3n) is 2.78. The average molecular weight is 282 g/mol. The predicted octanol–water partition coefficient (Wildman–Crippen LogP) is 3.48. The van der Waals surface area contributed by atoms with E-state index in [9.17, 15) is 18.0 Å². The summed E-state index contributed by atoms with van der Waals surface area (Å²) >= 11 is 0. The molecule has 0 bridgehead atoms. The molecule has 2 aromatic carbocycles. The maximum atomic E-state index is 13.8. The molecule has 0 aliphatic rings. The first-order valence-electron chi connectivity index (χ1n) is 5.51. The fourth-order valence-corrected chi connectivity index (χ4v) is 1.76. The molecule has 1 N–H and O–H groups in total. The van der Waals surface area contributed by atoms with E-state index in [2.05, 4.69) is 0 Å². The van der Waals surface area contributed by atoms with E-state index in [4.69, 9.17) is 9.84 Å². The Bertz CT molecular complexity index is 684. The molecule has 0 heterocycles. The highest BCUT2D eigenvalue weighted by molar-refractivity contribution is 5.88. The van der Waals surface area contributed by atoms with Crippen LogP contribution in [-0.4, -0.2) is 18.2 Å². The van der Waals surface area contributed by atoms with Crippen LogP contribution in [0, 0.1) is 17.5 Å². The van der Waals surface area contributed by atoms with Crippen LogP contribution < -0.4 is 4.74 Å². The second-order valence-electron chi connectivity index (χ2n) is 3.94. The fraction of sp³-hybridized carbons (Fsp3) is 0.0714. The maximum absolute atomic E-state index is 13.8. The zero-order chi connectivity index (χ0) is 14.9. The van der Waals surface area contributed by atoms with Crippen LogP contribution in [0.5, 0.6) is 5.75 Å². The third-order valence-corrected chi connectivity index (χ3v) is 2.78. The zero-order valence-electron chi connectivity index (χ0n) is 10.3. The molecule has 20 heavy (non-hydrogen) atoms. The van der Waals surface area contributed by atoms with E-state index in [0.29, 0.717) is 0 Å². The van der Waals surface area contributed by atoms with Gasteiger partial charge < -0.3 is 9.84 Å². The number of ether oxygens (including phenoxy) is 1. The minimum atomic E-state index is -1.59. The summed E-state index contributed by atoms with van der Waals surface area (Å²) < 4.78 is 46.0. The van der Waals surface area contributed by atoms with Crippen LogP contribution in [-0.2, 0) is 0 Å². The van der Waals surface area contributed by atoms with Crippen molar-refractivity contribution >= 4 is 5.97 Å². The first kappa shape index (κ1) is 13.9. The van der Waals surface area contributed by atoms with Crippen LogP contribution in [0.15, 0.2) is 30.3 Å². The summed E-state index contributed by atoms with van der Waals surface area (Å²) in [5.41, 5.74) is -1.34. The molecule has 0 atom stereocenters. The van der Waals surface area contributed by atoms with Crippen molar-refractivity contribution in [2.75, 3.05) is 7.11 Å². The maximum Gasteiger partial charge on any atom is 0.338 e. The van der Waals surface area contributed by atoms with Gasteiger partial charge >= 0.3 is 5.97 Å². The van der Waals surface area contributed by atoms with Gasteiger partial charge in [-0.15, -0.1) is 0 Å². The van der Waals surface area contributed by atoms with Gasteiger partial charge in [0.1, 0.15) is 11.6 Å². The monoisotopic (exact) mass is 282 g/mol.